The molecule has 0 aromatic heterocycles. The van der Waals surface area contributed by atoms with Crippen molar-refractivity contribution in [2.45, 2.75) is 60.0 Å². The quantitative estimate of drug-likeness (QED) is 0.568. The van der Waals surface area contributed by atoms with Gasteiger partial charge in [0.15, 0.2) is 0 Å². The van der Waals surface area contributed by atoms with Gasteiger partial charge >= 0.3 is 5.97 Å². The molecule has 0 radical (unpaired) electrons. The topological polar surface area (TPSA) is 35.5 Å². The van der Waals surface area contributed by atoms with Crippen molar-refractivity contribution in [2.24, 2.45) is 23.2 Å². The van der Waals surface area contributed by atoms with E-state index >= 15 is 0 Å². The number of carbonyl (C=O) groups excluding carboxylic acids is 1. The fourth-order valence-corrected chi connectivity index (χ4v) is 4.29. The average molecular weight is 294 g/mol. The highest BCUT2D eigenvalue weighted by molar-refractivity contribution is 5.65. The van der Waals surface area contributed by atoms with E-state index in [4.69, 9.17) is 9.47 Å². The van der Waals surface area contributed by atoms with Gasteiger partial charge in [-0.2, -0.15) is 0 Å². The molecule has 3 nitrogen and oxygen atoms in total. The number of unbranched alkanes of at least 4 members (excludes halogenated alkanes) is 1. The molecule has 1 saturated heterocycles. The van der Waals surface area contributed by atoms with Crippen LogP contribution in [0.3, 0.4) is 0 Å². The molecule has 0 unspecified atom stereocenters. The van der Waals surface area contributed by atoms with Crippen LogP contribution < -0.4 is 0 Å². The van der Waals surface area contributed by atoms with Crippen LogP contribution >= 0.6 is 0 Å². The maximum absolute atomic E-state index is 11.2. The lowest BCUT2D eigenvalue weighted by Gasteiger charge is -2.55. The first-order chi connectivity index (χ1) is 9.92. The molecule has 0 aromatic carbocycles. The van der Waals surface area contributed by atoms with Gasteiger partial charge in [-0.05, 0) is 25.2 Å². The summed E-state index contributed by atoms with van der Waals surface area (Å²) < 4.78 is 11.7. The minimum absolute atomic E-state index is 0.0570. The molecule has 1 fully saturated rings. The molecule has 1 aliphatic carbocycles. The van der Waals surface area contributed by atoms with Crippen molar-refractivity contribution in [2.75, 3.05) is 13.2 Å². The highest BCUT2D eigenvalue weighted by Crippen LogP contribution is 2.53. The first-order valence-corrected chi connectivity index (χ1v) is 8.35. The summed E-state index contributed by atoms with van der Waals surface area (Å²) >= 11 is 0. The maximum Gasteiger partial charge on any atom is 0.302 e. The third-order valence-electron chi connectivity index (χ3n) is 5.74. The molecule has 0 amide bonds. The van der Waals surface area contributed by atoms with Gasteiger partial charge in [0.1, 0.15) is 0 Å². The lowest BCUT2D eigenvalue weighted by Crippen LogP contribution is -2.56. The van der Waals surface area contributed by atoms with Gasteiger partial charge in [0.05, 0.1) is 19.3 Å². The standard InChI is InChI=1S/C18H30O3/c1-6-7-8-16-17-12(2)9-13(3)18(11-21-16,14(17)4)10-20-15(5)19/h9,13-14,16-17H,6-8,10-11H2,1-5H3/t13-,14-,16+,17-,18+/m0/s1. The first-order valence-electron chi connectivity index (χ1n) is 8.35. The van der Waals surface area contributed by atoms with E-state index in [1.807, 2.05) is 0 Å². The fraction of sp³-hybridized carbons (Fsp3) is 0.833. The number of fused-ring (bicyclic) bond motifs is 2. The zero-order chi connectivity index (χ0) is 15.6. The third-order valence-corrected chi connectivity index (χ3v) is 5.74. The molecule has 3 heteroatoms. The summed E-state index contributed by atoms with van der Waals surface area (Å²) in [6.45, 7) is 11.7. The smallest absolute Gasteiger partial charge is 0.302 e. The summed E-state index contributed by atoms with van der Waals surface area (Å²) in [7, 11) is 0. The van der Waals surface area contributed by atoms with Crippen LogP contribution in [0.25, 0.3) is 0 Å². The van der Waals surface area contributed by atoms with Crippen LogP contribution in [0.15, 0.2) is 11.6 Å². The van der Waals surface area contributed by atoms with Crippen LogP contribution in [0.5, 0.6) is 0 Å². The van der Waals surface area contributed by atoms with Gasteiger partial charge in [0.25, 0.3) is 0 Å². The molecule has 0 aromatic rings. The van der Waals surface area contributed by atoms with Crippen LogP contribution in [-0.4, -0.2) is 25.3 Å². The molecular formula is C18H30O3. The van der Waals surface area contributed by atoms with E-state index in [-0.39, 0.29) is 11.4 Å². The third kappa shape index (κ3) is 3.03. The minimum Gasteiger partial charge on any atom is -0.465 e. The Balaban J connectivity index is 2.23. The number of allylic oxidation sites excluding steroid dienone is 1. The molecule has 2 rings (SSSR count). The van der Waals surface area contributed by atoms with Crippen LogP contribution in [0.4, 0.5) is 0 Å². The molecule has 0 spiro atoms. The molecule has 21 heavy (non-hydrogen) atoms. The Labute approximate surface area is 129 Å². The van der Waals surface area contributed by atoms with E-state index in [2.05, 4.69) is 33.8 Å². The second-order valence-corrected chi connectivity index (χ2v) is 7.02. The van der Waals surface area contributed by atoms with Gasteiger partial charge in [-0.1, -0.05) is 45.3 Å². The van der Waals surface area contributed by atoms with Crippen LogP contribution in [0.1, 0.15) is 53.9 Å². The summed E-state index contributed by atoms with van der Waals surface area (Å²) in [5.41, 5.74) is 1.40. The van der Waals surface area contributed by atoms with Gasteiger partial charge in [-0.15, -0.1) is 0 Å². The summed E-state index contributed by atoms with van der Waals surface area (Å²) in [5.74, 6) is 1.15. The van der Waals surface area contributed by atoms with Crippen molar-refractivity contribution in [3.05, 3.63) is 11.6 Å². The van der Waals surface area contributed by atoms with E-state index in [0.29, 0.717) is 37.1 Å². The number of rotatable bonds is 5. The van der Waals surface area contributed by atoms with Gasteiger partial charge in [0.2, 0.25) is 0 Å². The Bertz CT molecular complexity index is 415. The predicted octanol–water partition coefficient (Wildman–Crippen LogP) is 3.97. The normalized spacial score (nSPS) is 38.8. The second-order valence-electron chi connectivity index (χ2n) is 7.02. The number of esters is 1. The monoisotopic (exact) mass is 294 g/mol. The van der Waals surface area contributed by atoms with Gasteiger partial charge in [-0.25, -0.2) is 0 Å². The highest BCUT2D eigenvalue weighted by Gasteiger charge is 2.53. The van der Waals surface area contributed by atoms with Crippen LogP contribution in [-0.2, 0) is 14.3 Å². The number of hydrogen-bond donors (Lipinski definition) is 0. The summed E-state index contributed by atoms with van der Waals surface area (Å²) in [6.07, 6.45) is 6.27. The lowest BCUT2D eigenvalue weighted by atomic mass is 9.56. The van der Waals surface area contributed by atoms with Crippen molar-refractivity contribution < 1.29 is 14.3 Å². The van der Waals surface area contributed by atoms with E-state index in [1.165, 1.54) is 25.3 Å². The van der Waals surface area contributed by atoms with Gasteiger partial charge < -0.3 is 9.47 Å². The van der Waals surface area contributed by atoms with Crippen molar-refractivity contribution in [1.29, 1.82) is 0 Å². The molecule has 2 aliphatic rings. The van der Waals surface area contributed by atoms with Crippen molar-refractivity contribution in [3.63, 3.8) is 0 Å². The zero-order valence-corrected chi connectivity index (χ0v) is 14.1. The van der Waals surface area contributed by atoms with E-state index in [1.54, 1.807) is 0 Å². The van der Waals surface area contributed by atoms with Crippen LogP contribution in [0.2, 0.25) is 0 Å². The lowest BCUT2D eigenvalue weighted by molar-refractivity contribution is -0.180. The Morgan fingerprint density at radius 1 is 1.48 bits per heavy atom. The Hall–Kier alpha value is -0.830. The Morgan fingerprint density at radius 3 is 2.81 bits per heavy atom. The fourth-order valence-electron chi connectivity index (χ4n) is 4.29. The SMILES string of the molecule is CCCC[C@H]1OC[C@]2(COC(C)=O)[C@@H](C)C=C(C)[C@H]1[C@@H]2C. The number of hydrogen-bond acceptors (Lipinski definition) is 3. The second kappa shape index (κ2) is 6.51. The van der Waals surface area contributed by atoms with Crippen molar-refractivity contribution in [3.8, 4) is 0 Å². The molecule has 2 bridgehead atoms. The Morgan fingerprint density at radius 2 is 2.19 bits per heavy atom. The van der Waals surface area contributed by atoms with Crippen molar-refractivity contribution >= 4 is 5.97 Å². The molecule has 1 aliphatic heterocycles. The van der Waals surface area contributed by atoms with E-state index < -0.39 is 0 Å². The number of ether oxygens (including phenoxy) is 2. The number of carbonyl (C=O) groups is 1. The molecule has 0 saturated carbocycles. The van der Waals surface area contributed by atoms with Crippen LogP contribution in [0, 0.1) is 23.2 Å². The predicted molar refractivity (Wildman–Crippen MR) is 83.9 cm³/mol. The van der Waals surface area contributed by atoms with Crippen molar-refractivity contribution in [1.82, 2.24) is 0 Å². The molecular weight excluding hydrogens is 264 g/mol. The first kappa shape index (κ1) is 16.5. The average Bonchev–Trinajstić information content (AvgIpc) is 2.42. The maximum atomic E-state index is 11.2. The van der Waals surface area contributed by atoms with Gasteiger partial charge in [-0.3, -0.25) is 4.79 Å². The summed E-state index contributed by atoms with van der Waals surface area (Å²) in [5, 5.41) is 0. The molecule has 1 heterocycles. The van der Waals surface area contributed by atoms with E-state index in [9.17, 15) is 4.79 Å². The summed E-state index contributed by atoms with van der Waals surface area (Å²) in [6, 6.07) is 0. The molecule has 120 valence electrons. The summed E-state index contributed by atoms with van der Waals surface area (Å²) in [4.78, 5) is 11.2. The highest BCUT2D eigenvalue weighted by atomic mass is 16.5. The minimum atomic E-state index is -0.195. The molecule has 0 N–H and O–H groups in total. The molecule has 5 atom stereocenters. The zero-order valence-electron chi connectivity index (χ0n) is 14.1. The van der Waals surface area contributed by atoms with Gasteiger partial charge in [0, 0.05) is 18.3 Å². The Kier molecular flexibility index (Phi) is 5.13. The largest absolute Gasteiger partial charge is 0.465 e. The van der Waals surface area contributed by atoms with E-state index in [0.717, 1.165) is 6.42 Å².